The number of hydrogen-bond donors (Lipinski definition) is 2. The first-order valence-electron chi connectivity index (χ1n) is 9.41. The first-order chi connectivity index (χ1) is 13.1. The number of anilines is 1. The summed E-state index contributed by atoms with van der Waals surface area (Å²) in [6.45, 7) is 2.27. The number of aliphatic hydroxyl groups is 1. The molecule has 1 amide bonds. The van der Waals surface area contributed by atoms with Crippen LogP contribution in [0.4, 0.5) is 5.82 Å². The summed E-state index contributed by atoms with van der Waals surface area (Å²) in [5.74, 6) is 0.848. The quantitative estimate of drug-likeness (QED) is 0.699. The average molecular weight is 361 g/mol. The second kappa shape index (κ2) is 7.45. The highest BCUT2D eigenvalue weighted by Crippen LogP contribution is 2.31. The van der Waals surface area contributed by atoms with E-state index in [0.29, 0.717) is 5.82 Å². The van der Waals surface area contributed by atoms with Gasteiger partial charge in [-0.2, -0.15) is 0 Å². The fourth-order valence-electron chi connectivity index (χ4n) is 3.26. The van der Waals surface area contributed by atoms with E-state index < -0.39 is 0 Å². The van der Waals surface area contributed by atoms with Gasteiger partial charge in [-0.3, -0.25) is 9.78 Å². The Balaban J connectivity index is 1.58. The summed E-state index contributed by atoms with van der Waals surface area (Å²) in [4.78, 5) is 20.8. The fraction of sp³-hybridized carbons (Fsp3) is 0.318. The third-order valence-electron chi connectivity index (χ3n) is 4.99. The minimum atomic E-state index is 0.0708. The minimum absolute atomic E-state index is 0.0708. The summed E-state index contributed by atoms with van der Waals surface area (Å²) in [6, 6.07) is 10.2. The van der Waals surface area contributed by atoms with Crippen molar-refractivity contribution >= 4 is 22.5 Å². The summed E-state index contributed by atoms with van der Waals surface area (Å²) in [7, 11) is 0. The van der Waals surface area contributed by atoms with E-state index in [2.05, 4.69) is 46.5 Å². The van der Waals surface area contributed by atoms with Gasteiger partial charge >= 0.3 is 0 Å². The molecule has 0 saturated heterocycles. The molecule has 0 atom stereocenters. The number of aliphatic hydroxyl groups excluding tert-OH is 1. The molecule has 0 radical (unpaired) electrons. The number of aromatic nitrogens is 2. The predicted molar refractivity (Wildman–Crippen MR) is 106 cm³/mol. The maximum absolute atomic E-state index is 11.9. The third kappa shape index (κ3) is 3.98. The molecular weight excluding hydrogens is 338 g/mol. The number of pyridine rings is 2. The summed E-state index contributed by atoms with van der Waals surface area (Å²) in [5, 5.41) is 13.9. The average Bonchev–Trinajstić information content (AvgIpc) is 3.51. The zero-order valence-corrected chi connectivity index (χ0v) is 15.4. The van der Waals surface area contributed by atoms with Crippen LogP contribution < -0.4 is 5.32 Å². The number of fused-ring (bicyclic) bond motifs is 1. The topological polar surface area (TPSA) is 75.1 Å². The molecule has 1 aliphatic rings. The molecular formula is C22H23N3O2. The van der Waals surface area contributed by atoms with Crippen LogP contribution in [-0.4, -0.2) is 27.6 Å². The van der Waals surface area contributed by atoms with E-state index in [0.717, 1.165) is 53.3 Å². The van der Waals surface area contributed by atoms with Gasteiger partial charge < -0.3 is 10.4 Å². The normalized spacial score (nSPS) is 13.7. The van der Waals surface area contributed by atoms with Crippen LogP contribution >= 0.6 is 0 Å². The van der Waals surface area contributed by atoms with Crippen LogP contribution in [0.25, 0.3) is 21.9 Å². The van der Waals surface area contributed by atoms with E-state index in [9.17, 15) is 4.79 Å². The van der Waals surface area contributed by atoms with Crippen LogP contribution in [0.5, 0.6) is 0 Å². The van der Waals surface area contributed by atoms with Gasteiger partial charge in [0.05, 0.1) is 0 Å². The molecule has 2 heterocycles. The van der Waals surface area contributed by atoms with Crippen molar-refractivity contribution in [1.29, 1.82) is 0 Å². The molecule has 1 aliphatic carbocycles. The molecule has 0 aliphatic heterocycles. The smallest absolute Gasteiger partial charge is 0.228 e. The molecule has 2 N–H and O–H groups in total. The number of nitrogens with zero attached hydrogens (tertiary/aromatic N) is 2. The van der Waals surface area contributed by atoms with Gasteiger partial charge in [0.2, 0.25) is 5.91 Å². The first-order valence-corrected chi connectivity index (χ1v) is 9.41. The molecule has 138 valence electrons. The maximum atomic E-state index is 11.9. The number of carbonyl (C=O) groups excluding carboxylic acids is 1. The number of rotatable bonds is 6. The van der Waals surface area contributed by atoms with Crippen LogP contribution in [0.1, 0.15) is 30.5 Å². The molecule has 4 rings (SSSR count). The van der Waals surface area contributed by atoms with Crippen molar-refractivity contribution in [2.24, 2.45) is 5.92 Å². The Bertz CT molecular complexity index is 996. The Hall–Kier alpha value is -2.79. The fourth-order valence-corrected chi connectivity index (χ4v) is 3.26. The standard InChI is InChI=1S/C22H23N3O2/c1-14-9-19(3-2-8-26)23-13-20(14)17-7-6-16-11-21(24-12-18(16)10-17)25-22(27)15-4-5-15/h6-7,9-13,15,26H,2-5,8H2,1H3,(H,24,25,27). The van der Waals surface area contributed by atoms with Crippen molar-refractivity contribution in [2.75, 3.05) is 11.9 Å². The van der Waals surface area contributed by atoms with Gasteiger partial charge in [-0.05, 0) is 67.3 Å². The van der Waals surface area contributed by atoms with Crippen LogP contribution in [-0.2, 0) is 11.2 Å². The van der Waals surface area contributed by atoms with Gasteiger partial charge in [-0.15, -0.1) is 0 Å². The van der Waals surface area contributed by atoms with Crippen molar-refractivity contribution in [3.05, 3.63) is 54.0 Å². The zero-order valence-electron chi connectivity index (χ0n) is 15.4. The van der Waals surface area contributed by atoms with Gasteiger partial charge in [-0.1, -0.05) is 12.1 Å². The predicted octanol–water partition coefficient (Wildman–Crippen LogP) is 3.88. The number of benzene rings is 1. The number of amides is 1. The highest BCUT2D eigenvalue weighted by Gasteiger charge is 2.29. The monoisotopic (exact) mass is 361 g/mol. The van der Waals surface area contributed by atoms with Crippen LogP contribution in [0.3, 0.4) is 0 Å². The van der Waals surface area contributed by atoms with Crippen LogP contribution in [0, 0.1) is 12.8 Å². The van der Waals surface area contributed by atoms with E-state index in [1.807, 2.05) is 12.3 Å². The Morgan fingerprint density at radius 3 is 2.74 bits per heavy atom. The van der Waals surface area contributed by atoms with Gasteiger partial charge in [-0.25, -0.2) is 4.98 Å². The second-order valence-corrected chi connectivity index (χ2v) is 7.21. The van der Waals surface area contributed by atoms with E-state index in [-0.39, 0.29) is 18.4 Å². The molecule has 0 bridgehead atoms. The van der Waals surface area contributed by atoms with Crippen molar-refractivity contribution in [1.82, 2.24) is 9.97 Å². The van der Waals surface area contributed by atoms with Gasteiger partial charge in [0.1, 0.15) is 5.82 Å². The number of nitrogens with one attached hydrogen (secondary N) is 1. The first kappa shape index (κ1) is 17.6. The van der Waals surface area contributed by atoms with Crippen molar-refractivity contribution in [3.8, 4) is 11.1 Å². The number of carbonyl (C=O) groups is 1. The van der Waals surface area contributed by atoms with E-state index in [1.165, 1.54) is 5.56 Å². The van der Waals surface area contributed by atoms with E-state index >= 15 is 0 Å². The molecule has 1 aromatic carbocycles. The van der Waals surface area contributed by atoms with Crippen LogP contribution in [0.2, 0.25) is 0 Å². The molecule has 0 spiro atoms. The molecule has 2 aromatic heterocycles. The summed E-state index contributed by atoms with van der Waals surface area (Å²) < 4.78 is 0. The van der Waals surface area contributed by atoms with Crippen molar-refractivity contribution in [3.63, 3.8) is 0 Å². The highest BCUT2D eigenvalue weighted by atomic mass is 16.2. The molecule has 0 unspecified atom stereocenters. The SMILES string of the molecule is Cc1cc(CCCO)ncc1-c1ccc2cc(NC(=O)C3CC3)ncc2c1. The molecule has 27 heavy (non-hydrogen) atoms. The maximum Gasteiger partial charge on any atom is 0.228 e. The molecule has 5 heteroatoms. The Morgan fingerprint density at radius 2 is 2.00 bits per heavy atom. The lowest BCUT2D eigenvalue weighted by Gasteiger charge is -2.10. The number of aryl methyl sites for hydroxylation is 2. The summed E-state index contributed by atoms with van der Waals surface area (Å²) in [6.07, 6.45) is 7.19. The Morgan fingerprint density at radius 1 is 1.15 bits per heavy atom. The third-order valence-corrected chi connectivity index (χ3v) is 4.99. The molecule has 3 aromatic rings. The molecule has 1 fully saturated rings. The number of hydrogen-bond acceptors (Lipinski definition) is 4. The Kier molecular flexibility index (Phi) is 4.86. The summed E-state index contributed by atoms with van der Waals surface area (Å²) in [5.41, 5.74) is 4.36. The minimum Gasteiger partial charge on any atom is -0.396 e. The van der Waals surface area contributed by atoms with Crippen molar-refractivity contribution < 1.29 is 9.90 Å². The lowest BCUT2D eigenvalue weighted by molar-refractivity contribution is -0.117. The zero-order chi connectivity index (χ0) is 18.8. The lowest BCUT2D eigenvalue weighted by atomic mass is 9.99. The molecule has 1 saturated carbocycles. The van der Waals surface area contributed by atoms with Crippen molar-refractivity contribution in [2.45, 2.75) is 32.6 Å². The second-order valence-electron chi connectivity index (χ2n) is 7.21. The van der Waals surface area contributed by atoms with E-state index in [4.69, 9.17) is 5.11 Å². The van der Waals surface area contributed by atoms with Gasteiger partial charge in [0.25, 0.3) is 0 Å². The highest BCUT2D eigenvalue weighted by molar-refractivity contribution is 5.96. The molecule has 5 nitrogen and oxygen atoms in total. The summed E-state index contributed by atoms with van der Waals surface area (Å²) >= 11 is 0. The largest absolute Gasteiger partial charge is 0.396 e. The van der Waals surface area contributed by atoms with Crippen LogP contribution in [0.15, 0.2) is 42.7 Å². The van der Waals surface area contributed by atoms with Gasteiger partial charge in [0, 0.05) is 41.6 Å². The van der Waals surface area contributed by atoms with Gasteiger partial charge in [0.15, 0.2) is 0 Å². The van der Waals surface area contributed by atoms with E-state index in [1.54, 1.807) is 6.20 Å². The Labute approximate surface area is 158 Å². The lowest BCUT2D eigenvalue weighted by Crippen LogP contribution is -2.14.